The highest BCUT2D eigenvalue weighted by atomic mass is 16.5. The van der Waals surface area contributed by atoms with E-state index in [0.717, 1.165) is 42.6 Å². The molecule has 0 unspecified atom stereocenters. The molecule has 1 saturated carbocycles. The fraction of sp³-hybridized carbons (Fsp3) is 0.652. The summed E-state index contributed by atoms with van der Waals surface area (Å²) in [5.74, 6) is 0.306. The van der Waals surface area contributed by atoms with E-state index in [0.29, 0.717) is 19.7 Å². The van der Waals surface area contributed by atoms with Crippen molar-refractivity contribution in [3.8, 4) is 0 Å². The molecular formula is C23H37N3O3. The van der Waals surface area contributed by atoms with Gasteiger partial charge in [0.05, 0.1) is 6.61 Å². The van der Waals surface area contributed by atoms with E-state index >= 15 is 0 Å². The van der Waals surface area contributed by atoms with E-state index in [9.17, 15) is 9.59 Å². The molecule has 0 heterocycles. The maximum absolute atomic E-state index is 13.0. The summed E-state index contributed by atoms with van der Waals surface area (Å²) >= 11 is 0. The summed E-state index contributed by atoms with van der Waals surface area (Å²) in [7, 11) is 5.62. The number of carbonyl (C=O) groups is 2. The van der Waals surface area contributed by atoms with Crippen molar-refractivity contribution in [1.29, 1.82) is 0 Å². The molecule has 0 bridgehead atoms. The number of hydrogen-bond acceptors (Lipinski definition) is 4. The summed E-state index contributed by atoms with van der Waals surface area (Å²) in [6.45, 7) is 7.27. The Kier molecular flexibility index (Phi) is 8.08. The SMILES string of the molecule is COCCN(Cc1cc(NC(=O)C2CCCC2)ccc1N(C)C)C(=O)C(C)(C)C. The zero-order chi connectivity index (χ0) is 21.6. The van der Waals surface area contributed by atoms with E-state index in [1.54, 1.807) is 7.11 Å². The second kappa shape index (κ2) is 10.1. The zero-order valence-electron chi connectivity index (χ0n) is 18.9. The molecule has 2 rings (SSSR count). The van der Waals surface area contributed by atoms with Crippen molar-refractivity contribution >= 4 is 23.2 Å². The lowest BCUT2D eigenvalue weighted by atomic mass is 9.94. The number of methoxy groups -OCH3 is 1. The fourth-order valence-electron chi connectivity index (χ4n) is 3.79. The molecule has 0 aliphatic heterocycles. The van der Waals surface area contributed by atoms with Crippen LogP contribution < -0.4 is 10.2 Å². The van der Waals surface area contributed by atoms with Crippen LogP contribution in [0.1, 0.15) is 52.0 Å². The smallest absolute Gasteiger partial charge is 0.228 e. The number of rotatable bonds is 8. The Morgan fingerprint density at radius 2 is 1.83 bits per heavy atom. The average molecular weight is 404 g/mol. The third kappa shape index (κ3) is 6.46. The molecule has 29 heavy (non-hydrogen) atoms. The van der Waals surface area contributed by atoms with E-state index in [1.165, 1.54) is 0 Å². The molecule has 6 heteroatoms. The molecule has 1 aliphatic rings. The molecule has 6 nitrogen and oxygen atoms in total. The van der Waals surface area contributed by atoms with Crippen LogP contribution in [0.2, 0.25) is 0 Å². The standard InChI is InChI=1S/C23H37N3O3/c1-23(2,3)22(28)26(13-14-29-6)16-18-15-19(11-12-20(18)25(4)5)24-21(27)17-9-7-8-10-17/h11-12,15,17H,7-10,13-14,16H2,1-6H3,(H,24,27). The van der Waals surface area contributed by atoms with Crippen molar-refractivity contribution < 1.29 is 14.3 Å². The Morgan fingerprint density at radius 3 is 2.38 bits per heavy atom. The Morgan fingerprint density at radius 1 is 1.17 bits per heavy atom. The third-order valence-corrected chi connectivity index (χ3v) is 5.41. The highest BCUT2D eigenvalue weighted by Crippen LogP contribution is 2.29. The van der Waals surface area contributed by atoms with Gasteiger partial charge in [-0.2, -0.15) is 0 Å². The van der Waals surface area contributed by atoms with Gasteiger partial charge < -0.3 is 19.9 Å². The first-order valence-electron chi connectivity index (χ1n) is 10.5. The second-order valence-electron chi connectivity index (χ2n) is 9.18. The monoisotopic (exact) mass is 403 g/mol. The minimum absolute atomic E-state index is 0.0830. The third-order valence-electron chi connectivity index (χ3n) is 5.41. The zero-order valence-corrected chi connectivity index (χ0v) is 18.9. The van der Waals surface area contributed by atoms with Crippen molar-refractivity contribution in [3.05, 3.63) is 23.8 Å². The van der Waals surface area contributed by atoms with Crippen LogP contribution in [0.25, 0.3) is 0 Å². The Labute approximate surface area is 175 Å². The van der Waals surface area contributed by atoms with Gasteiger partial charge in [0.2, 0.25) is 11.8 Å². The van der Waals surface area contributed by atoms with E-state index in [-0.39, 0.29) is 17.7 Å². The van der Waals surface area contributed by atoms with Gasteiger partial charge in [-0.05, 0) is 36.6 Å². The summed E-state index contributed by atoms with van der Waals surface area (Å²) in [5, 5.41) is 3.08. The molecule has 162 valence electrons. The maximum atomic E-state index is 13.0. The Bertz CT molecular complexity index is 704. The lowest BCUT2D eigenvalue weighted by Gasteiger charge is -2.31. The average Bonchev–Trinajstić information content (AvgIpc) is 3.18. The van der Waals surface area contributed by atoms with E-state index in [2.05, 4.69) is 5.32 Å². The fourth-order valence-corrected chi connectivity index (χ4v) is 3.79. The van der Waals surface area contributed by atoms with Crippen LogP contribution in [0.15, 0.2) is 18.2 Å². The highest BCUT2D eigenvalue weighted by molar-refractivity contribution is 5.93. The van der Waals surface area contributed by atoms with Crippen molar-refractivity contribution in [3.63, 3.8) is 0 Å². The van der Waals surface area contributed by atoms with Crippen LogP contribution in [0, 0.1) is 11.3 Å². The summed E-state index contributed by atoms with van der Waals surface area (Å²) in [5.41, 5.74) is 2.36. The number of benzene rings is 1. The van der Waals surface area contributed by atoms with Crippen LogP contribution in [0.4, 0.5) is 11.4 Å². The lowest BCUT2D eigenvalue weighted by Crippen LogP contribution is -2.41. The van der Waals surface area contributed by atoms with Gasteiger partial charge in [0.1, 0.15) is 0 Å². The Balaban J connectivity index is 2.26. The molecule has 2 amide bonds. The highest BCUT2D eigenvalue weighted by Gasteiger charge is 2.28. The van der Waals surface area contributed by atoms with Gasteiger partial charge >= 0.3 is 0 Å². The number of anilines is 2. The van der Waals surface area contributed by atoms with Gasteiger partial charge in [0.15, 0.2) is 0 Å². The summed E-state index contributed by atoms with van der Waals surface area (Å²) in [6.07, 6.45) is 4.21. The number of carbonyl (C=O) groups excluding carboxylic acids is 2. The van der Waals surface area contributed by atoms with Crippen molar-refractivity contribution in [2.45, 2.75) is 53.0 Å². The van der Waals surface area contributed by atoms with Crippen molar-refractivity contribution in [2.24, 2.45) is 11.3 Å². The molecule has 0 saturated heterocycles. The minimum atomic E-state index is -0.472. The largest absolute Gasteiger partial charge is 0.383 e. The molecule has 0 spiro atoms. The van der Waals surface area contributed by atoms with Gasteiger partial charge in [-0.15, -0.1) is 0 Å². The van der Waals surface area contributed by atoms with Crippen LogP contribution >= 0.6 is 0 Å². The predicted molar refractivity (Wildman–Crippen MR) is 118 cm³/mol. The topological polar surface area (TPSA) is 61.9 Å². The Hall–Kier alpha value is -2.08. The molecule has 1 aliphatic carbocycles. The summed E-state index contributed by atoms with van der Waals surface area (Å²) in [6, 6.07) is 5.95. The maximum Gasteiger partial charge on any atom is 0.228 e. The summed E-state index contributed by atoms with van der Waals surface area (Å²) in [4.78, 5) is 29.4. The molecule has 1 aromatic rings. The predicted octanol–water partition coefficient (Wildman–Crippen LogP) is 3.90. The molecule has 0 radical (unpaired) electrons. The molecule has 1 N–H and O–H groups in total. The first-order valence-corrected chi connectivity index (χ1v) is 10.5. The first kappa shape index (κ1) is 23.2. The van der Waals surface area contributed by atoms with Gasteiger partial charge in [0.25, 0.3) is 0 Å². The van der Waals surface area contributed by atoms with Crippen LogP contribution in [-0.2, 0) is 20.9 Å². The molecule has 0 aromatic heterocycles. The van der Waals surface area contributed by atoms with Gasteiger partial charge in [-0.1, -0.05) is 33.6 Å². The normalized spacial score (nSPS) is 14.7. The number of nitrogens with zero attached hydrogens (tertiary/aromatic N) is 2. The van der Waals surface area contributed by atoms with E-state index < -0.39 is 5.41 Å². The van der Waals surface area contributed by atoms with Gasteiger partial charge in [-0.3, -0.25) is 9.59 Å². The number of hydrogen-bond donors (Lipinski definition) is 1. The van der Waals surface area contributed by atoms with Crippen LogP contribution in [-0.4, -0.2) is 51.1 Å². The van der Waals surface area contributed by atoms with E-state index in [4.69, 9.17) is 4.74 Å². The molecule has 1 aromatic carbocycles. The molecule has 1 fully saturated rings. The first-order chi connectivity index (χ1) is 13.6. The number of ether oxygens (including phenoxy) is 1. The van der Waals surface area contributed by atoms with Crippen LogP contribution in [0.5, 0.6) is 0 Å². The van der Waals surface area contributed by atoms with Crippen LogP contribution in [0.3, 0.4) is 0 Å². The minimum Gasteiger partial charge on any atom is -0.383 e. The molecular weight excluding hydrogens is 366 g/mol. The molecule has 0 atom stereocenters. The van der Waals surface area contributed by atoms with Gasteiger partial charge in [0, 0.05) is 57.0 Å². The van der Waals surface area contributed by atoms with Crippen molar-refractivity contribution in [1.82, 2.24) is 4.90 Å². The number of amides is 2. The second-order valence-corrected chi connectivity index (χ2v) is 9.18. The van der Waals surface area contributed by atoms with E-state index in [1.807, 2.05) is 62.9 Å². The van der Waals surface area contributed by atoms with Gasteiger partial charge in [-0.25, -0.2) is 0 Å². The lowest BCUT2D eigenvalue weighted by molar-refractivity contribution is -0.140. The van der Waals surface area contributed by atoms with Crippen molar-refractivity contribution in [2.75, 3.05) is 44.6 Å². The quantitative estimate of drug-likeness (QED) is 0.715. The summed E-state index contributed by atoms with van der Waals surface area (Å²) < 4.78 is 5.22. The number of nitrogens with one attached hydrogen (secondary N) is 1.